The molecule has 2 aliphatic carbocycles. The Morgan fingerprint density at radius 3 is 1.16 bits per heavy atom. The van der Waals surface area contributed by atoms with Crippen LogP contribution in [0.4, 0.5) is 0 Å². The molecule has 2 aliphatic rings. The van der Waals surface area contributed by atoms with Gasteiger partial charge in [0.2, 0.25) is 0 Å². The summed E-state index contributed by atoms with van der Waals surface area (Å²) in [5, 5.41) is 18.3. The molecule has 17 rings (SSSR count). The fourth-order valence-electron chi connectivity index (χ4n) is 13.0. The summed E-state index contributed by atoms with van der Waals surface area (Å²) in [6.45, 7) is 0. The van der Waals surface area contributed by atoms with Crippen molar-refractivity contribution in [3.63, 3.8) is 0 Å². The molecule has 0 fully saturated rings. The number of hydrogen-bond acceptors (Lipinski definition) is 0. The highest BCUT2D eigenvalue weighted by atomic mass is 15.0. The maximum Gasteiger partial charge on any atom is 0.0547 e. The van der Waals surface area contributed by atoms with Crippen LogP contribution in [-0.2, 0) is 0 Å². The zero-order chi connectivity index (χ0) is 47.7. The van der Waals surface area contributed by atoms with Gasteiger partial charge in [-0.05, 0) is 168 Å². The molecule has 0 unspecified atom stereocenters. The lowest BCUT2D eigenvalue weighted by Crippen LogP contribution is -1.95. The highest BCUT2D eigenvalue weighted by Crippen LogP contribution is 2.51. The molecule has 0 saturated heterocycles. The summed E-state index contributed by atoms with van der Waals surface area (Å²) >= 11 is 0. The minimum atomic E-state index is 1.21. The Labute approximate surface area is 422 Å². The molecule has 73 heavy (non-hydrogen) atoms. The van der Waals surface area contributed by atoms with Gasteiger partial charge in [-0.25, -0.2) is 0 Å². The highest BCUT2D eigenvalue weighted by molar-refractivity contribution is 6.29. The van der Waals surface area contributed by atoms with E-state index >= 15 is 0 Å². The summed E-state index contributed by atoms with van der Waals surface area (Å²) in [4.78, 5) is 0. The highest BCUT2D eigenvalue weighted by Gasteiger charge is 2.25. The Morgan fingerprint density at radius 2 is 0.575 bits per heavy atom. The molecule has 0 spiro atoms. The van der Waals surface area contributed by atoms with Crippen LogP contribution >= 0.6 is 0 Å². The van der Waals surface area contributed by atoms with Gasteiger partial charge in [0.15, 0.2) is 0 Å². The first kappa shape index (κ1) is 40.2. The van der Waals surface area contributed by atoms with Gasteiger partial charge in [0.05, 0.1) is 11.0 Å². The van der Waals surface area contributed by atoms with Crippen molar-refractivity contribution in [3.05, 3.63) is 261 Å². The maximum atomic E-state index is 2.48. The summed E-state index contributed by atoms with van der Waals surface area (Å²) in [6.07, 6.45) is 0. The van der Waals surface area contributed by atoms with E-state index in [1.165, 1.54) is 159 Å². The second-order valence-corrected chi connectivity index (χ2v) is 19.8. The molecule has 0 atom stereocenters. The molecule has 0 amide bonds. The first-order valence-corrected chi connectivity index (χ1v) is 25.4. The van der Waals surface area contributed by atoms with Gasteiger partial charge in [-0.15, -0.1) is 0 Å². The van der Waals surface area contributed by atoms with Gasteiger partial charge >= 0.3 is 0 Å². The van der Waals surface area contributed by atoms with E-state index in [4.69, 9.17) is 0 Å². The van der Waals surface area contributed by atoms with Crippen molar-refractivity contribution in [2.24, 2.45) is 0 Å². The molecule has 1 aromatic heterocycles. The third-order valence-corrected chi connectivity index (χ3v) is 16.1. The monoisotopic (exact) mass is 921 g/mol. The van der Waals surface area contributed by atoms with Crippen molar-refractivity contribution in [3.8, 4) is 72.4 Å². The Morgan fingerprint density at radius 1 is 0.192 bits per heavy atom. The van der Waals surface area contributed by atoms with Crippen LogP contribution in [-0.4, -0.2) is 4.57 Å². The first-order chi connectivity index (χ1) is 36.2. The van der Waals surface area contributed by atoms with Crippen LogP contribution in [0.5, 0.6) is 0 Å². The molecule has 1 heteroatoms. The largest absolute Gasteiger partial charge is 0.309 e. The first-order valence-electron chi connectivity index (χ1n) is 25.4. The molecular formula is C72H43N. The molecule has 1 heterocycles. The Hall–Kier alpha value is -9.56. The second-order valence-electron chi connectivity index (χ2n) is 19.8. The smallest absolute Gasteiger partial charge is 0.0547 e. The lowest BCUT2D eigenvalue weighted by molar-refractivity contribution is 1.19. The number of benzene rings is 14. The molecule has 0 bridgehead atoms. The van der Waals surface area contributed by atoms with E-state index in [9.17, 15) is 0 Å². The van der Waals surface area contributed by atoms with E-state index in [0.29, 0.717) is 0 Å². The van der Waals surface area contributed by atoms with Gasteiger partial charge in [-0.3, -0.25) is 0 Å². The Kier molecular flexibility index (Phi) is 8.52. The van der Waals surface area contributed by atoms with Crippen LogP contribution in [0, 0.1) is 0 Å². The number of fused-ring (bicyclic) bond motifs is 15. The van der Waals surface area contributed by atoms with Crippen molar-refractivity contribution in [1.29, 1.82) is 0 Å². The van der Waals surface area contributed by atoms with E-state index in [-0.39, 0.29) is 0 Å². The number of hydrogen-bond donors (Lipinski definition) is 0. The molecule has 15 aromatic rings. The van der Waals surface area contributed by atoms with E-state index in [1.807, 2.05) is 0 Å². The standard InChI is InChI=1S/C36H21N.C36H22/c1-3-11-26-22(8-1)16-18-32-35(26)36-27-12-4-2-9-23(27)17-19-33(36)37(32)25-20-24-10-7-15-30-28-13-5-6-14-29(28)31(21-25)34(24)30;1-2-12-26-23(9-1)10-7-17-29(26)33-20-19-27(28-13-3-4-14-30(28)33)25-21-24-11-8-18-34-31-15-5-6-16-32(31)35(22-25)36(24)34/h1-21H;1-22H. The van der Waals surface area contributed by atoms with Gasteiger partial charge in [0.1, 0.15) is 0 Å². The molecule has 14 aromatic carbocycles. The Balaban J connectivity index is 0.000000125. The number of rotatable bonds is 3. The van der Waals surface area contributed by atoms with E-state index in [0.717, 1.165) is 0 Å². The average Bonchev–Trinajstić information content (AvgIpc) is 4.12. The normalized spacial score (nSPS) is 12.1. The minimum absolute atomic E-state index is 1.21. The fourth-order valence-corrected chi connectivity index (χ4v) is 13.0. The minimum Gasteiger partial charge on any atom is -0.309 e. The lowest BCUT2D eigenvalue weighted by Gasteiger charge is -2.15. The van der Waals surface area contributed by atoms with Crippen LogP contribution in [0.1, 0.15) is 0 Å². The summed E-state index contributed by atoms with van der Waals surface area (Å²) in [5.41, 5.74) is 19.5. The van der Waals surface area contributed by atoms with Gasteiger partial charge in [-0.1, -0.05) is 224 Å². The average molecular weight is 922 g/mol. The summed E-state index contributed by atoms with van der Waals surface area (Å²) < 4.78 is 2.48. The van der Waals surface area contributed by atoms with Crippen LogP contribution in [0.3, 0.4) is 0 Å². The van der Waals surface area contributed by atoms with E-state index in [2.05, 4.69) is 265 Å². The van der Waals surface area contributed by atoms with Crippen LogP contribution < -0.4 is 0 Å². The zero-order valence-electron chi connectivity index (χ0n) is 39.8. The van der Waals surface area contributed by atoms with Crippen LogP contribution in [0.2, 0.25) is 0 Å². The molecule has 1 nitrogen and oxygen atoms in total. The summed E-state index contributed by atoms with van der Waals surface area (Å²) in [5.74, 6) is 0. The van der Waals surface area contributed by atoms with Crippen molar-refractivity contribution >= 4 is 86.4 Å². The molecular weight excluding hydrogens is 879 g/mol. The molecule has 0 saturated carbocycles. The predicted molar refractivity (Wildman–Crippen MR) is 312 cm³/mol. The van der Waals surface area contributed by atoms with Crippen molar-refractivity contribution in [2.45, 2.75) is 0 Å². The molecule has 0 N–H and O–H groups in total. The van der Waals surface area contributed by atoms with E-state index in [1.54, 1.807) is 0 Å². The SMILES string of the molecule is c1ccc2c(c1)-c1cccc3cc(-c4ccc(-c5cccc6ccccc56)c5ccccc45)cc-2c13.c1ccc2c(c1)-c1cccc3cc(-n4c5ccc6ccccc6c5c5c6ccccc6ccc54)cc-2c13. The zero-order valence-corrected chi connectivity index (χ0v) is 39.8. The Bertz CT molecular complexity index is 4760. The third kappa shape index (κ3) is 5.85. The van der Waals surface area contributed by atoms with Gasteiger partial charge in [0.25, 0.3) is 0 Å². The molecule has 336 valence electrons. The number of aromatic nitrogens is 1. The summed E-state index contributed by atoms with van der Waals surface area (Å²) in [7, 11) is 0. The van der Waals surface area contributed by atoms with E-state index < -0.39 is 0 Å². The van der Waals surface area contributed by atoms with Gasteiger partial charge in [0, 0.05) is 16.5 Å². The van der Waals surface area contributed by atoms with Crippen LogP contribution in [0.25, 0.3) is 159 Å². The predicted octanol–water partition coefficient (Wildman–Crippen LogP) is 20.0. The fraction of sp³-hybridized carbons (Fsp3) is 0. The second kappa shape index (κ2) is 15.5. The van der Waals surface area contributed by atoms with Crippen molar-refractivity contribution < 1.29 is 0 Å². The number of nitrogens with zero attached hydrogens (tertiary/aromatic N) is 1. The van der Waals surface area contributed by atoms with Crippen molar-refractivity contribution in [1.82, 2.24) is 4.57 Å². The lowest BCUT2D eigenvalue weighted by atomic mass is 9.89. The third-order valence-electron chi connectivity index (χ3n) is 16.1. The quantitative estimate of drug-likeness (QED) is 0.166. The van der Waals surface area contributed by atoms with Gasteiger partial charge in [-0.2, -0.15) is 0 Å². The van der Waals surface area contributed by atoms with Crippen molar-refractivity contribution in [2.75, 3.05) is 0 Å². The molecule has 0 aliphatic heterocycles. The maximum absolute atomic E-state index is 2.48. The summed E-state index contributed by atoms with van der Waals surface area (Å²) in [6, 6.07) is 96.0. The van der Waals surface area contributed by atoms with Gasteiger partial charge < -0.3 is 4.57 Å². The molecule has 0 radical (unpaired) electrons. The topological polar surface area (TPSA) is 4.93 Å². The van der Waals surface area contributed by atoms with Crippen LogP contribution in [0.15, 0.2) is 261 Å².